The van der Waals surface area contributed by atoms with E-state index in [0.717, 1.165) is 51.6 Å². The van der Waals surface area contributed by atoms with Crippen LogP contribution in [0.2, 0.25) is 0 Å². The molecule has 1 spiro atoms. The summed E-state index contributed by atoms with van der Waals surface area (Å²) in [6.07, 6.45) is 1.14. The van der Waals surface area contributed by atoms with Gasteiger partial charge in [0.1, 0.15) is 0 Å². The lowest BCUT2D eigenvalue weighted by Gasteiger charge is -2.57. The molecule has 0 aromatic rings. The molecular weight excluding hydrogens is 351 g/mol. The average molecular weight is 373 g/mol. The van der Waals surface area contributed by atoms with Crippen LogP contribution in [0, 0.1) is 5.41 Å². The predicted octanol–water partition coefficient (Wildman–Crippen LogP) is 0.820. The molecule has 3 rings (SSSR count). The van der Waals surface area contributed by atoms with Crippen LogP contribution in [-0.2, 0) is 15.0 Å². The van der Waals surface area contributed by atoms with Crippen molar-refractivity contribution >= 4 is 16.2 Å². The van der Waals surface area contributed by atoms with Gasteiger partial charge in [0.15, 0.2) is 0 Å². The highest BCUT2D eigenvalue weighted by Crippen LogP contribution is 2.48. The fourth-order valence-electron chi connectivity index (χ4n) is 3.76. The Morgan fingerprint density at radius 1 is 1.17 bits per heavy atom. The summed E-state index contributed by atoms with van der Waals surface area (Å²) < 4.78 is 56.9. The van der Waals surface area contributed by atoms with Crippen LogP contribution in [0.25, 0.3) is 0 Å². The second-order valence-electron chi connectivity index (χ2n) is 6.78. The number of alkyl halides is 3. The Bertz CT molecular complexity index is 564. The number of carbonyl (C=O) groups is 1. The lowest BCUT2D eigenvalue weighted by molar-refractivity contribution is -0.192. The highest BCUT2D eigenvalue weighted by Gasteiger charge is 2.53. The number of nitrogens with zero attached hydrogens (tertiary/aromatic N) is 1. The van der Waals surface area contributed by atoms with E-state index in [1.807, 2.05) is 0 Å². The first-order valence-corrected chi connectivity index (χ1v) is 9.27. The molecule has 140 valence electrons. The molecule has 0 bridgehead atoms. The van der Waals surface area contributed by atoms with Crippen molar-refractivity contribution in [2.45, 2.75) is 56.8 Å². The number of hydrogen-bond acceptors (Lipinski definition) is 4. The molecule has 3 fully saturated rings. The van der Waals surface area contributed by atoms with Crippen LogP contribution in [0.4, 0.5) is 13.2 Å². The van der Waals surface area contributed by atoms with Gasteiger partial charge in [-0.2, -0.15) is 25.9 Å². The number of aliphatic carboxylic acids is 1. The van der Waals surface area contributed by atoms with Crippen LogP contribution in [0.3, 0.4) is 0 Å². The van der Waals surface area contributed by atoms with Gasteiger partial charge in [-0.05, 0) is 31.1 Å². The number of hydrogen-bond donors (Lipinski definition) is 3. The zero-order valence-corrected chi connectivity index (χ0v) is 13.9. The summed E-state index contributed by atoms with van der Waals surface area (Å²) >= 11 is 0. The van der Waals surface area contributed by atoms with E-state index >= 15 is 0 Å². The maximum absolute atomic E-state index is 11.8. The molecule has 3 aliphatic rings. The largest absolute Gasteiger partial charge is 0.490 e. The molecule has 0 atom stereocenters. The van der Waals surface area contributed by atoms with Crippen LogP contribution >= 0.6 is 0 Å². The van der Waals surface area contributed by atoms with Gasteiger partial charge in [-0.3, -0.25) is 0 Å². The maximum atomic E-state index is 11.8. The van der Waals surface area contributed by atoms with Gasteiger partial charge in [-0.1, -0.05) is 12.8 Å². The molecular formula is C13H22F3N3O4S. The van der Waals surface area contributed by atoms with E-state index in [4.69, 9.17) is 15.0 Å². The number of rotatable bonds is 3. The van der Waals surface area contributed by atoms with Gasteiger partial charge in [-0.15, -0.1) is 0 Å². The van der Waals surface area contributed by atoms with E-state index in [1.165, 1.54) is 0 Å². The maximum Gasteiger partial charge on any atom is 0.490 e. The van der Waals surface area contributed by atoms with Crippen molar-refractivity contribution in [3.05, 3.63) is 0 Å². The number of halogens is 3. The minimum absolute atomic E-state index is 0.162. The highest BCUT2D eigenvalue weighted by molar-refractivity contribution is 7.86. The fourth-order valence-corrected chi connectivity index (χ4v) is 4.95. The van der Waals surface area contributed by atoms with E-state index in [9.17, 15) is 21.6 Å². The lowest BCUT2D eigenvalue weighted by atomic mass is 9.61. The predicted molar refractivity (Wildman–Crippen MR) is 79.2 cm³/mol. The molecule has 1 heterocycles. The van der Waals surface area contributed by atoms with Crippen LogP contribution in [0.15, 0.2) is 0 Å². The normalized spacial score (nSPS) is 24.2. The third-order valence-corrected chi connectivity index (χ3v) is 6.10. The van der Waals surface area contributed by atoms with Crippen molar-refractivity contribution in [3.8, 4) is 0 Å². The summed E-state index contributed by atoms with van der Waals surface area (Å²) in [7, 11) is -3.53. The van der Waals surface area contributed by atoms with Gasteiger partial charge in [-0.25, -0.2) is 9.93 Å². The number of carboxylic acids is 1. The lowest BCUT2D eigenvalue weighted by Crippen LogP contribution is -2.67. The molecule has 1 aliphatic heterocycles. The first kappa shape index (κ1) is 19.4. The Morgan fingerprint density at radius 2 is 1.62 bits per heavy atom. The summed E-state index contributed by atoms with van der Waals surface area (Å²) in [5, 5.41) is 15.8. The Morgan fingerprint density at radius 3 is 1.92 bits per heavy atom. The zero-order chi connectivity index (χ0) is 18.2. The number of carboxylic acid groups (broad SMARTS) is 1. The summed E-state index contributed by atoms with van der Waals surface area (Å²) in [6.45, 7) is 2.10. The van der Waals surface area contributed by atoms with E-state index in [0.29, 0.717) is 5.41 Å². The number of nitrogens with two attached hydrogens (primary N) is 1. The third kappa shape index (κ3) is 4.38. The van der Waals surface area contributed by atoms with Gasteiger partial charge in [0, 0.05) is 25.2 Å². The summed E-state index contributed by atoms with van der Waals surface area (Å²) in [6, 6.07) is 0.329. The van der Waals surface area contributed by atoms with E-state index in [2.05, 4.69) is 5.32 Å². The Labute approximate surface area is 138 Å². The topological polar surface area (TPSA) is 113 Å². The molecule has 0 unspecified atom stereocenters. The first-order valence-electron chi connectivity index (χ1n) is 7.77. The minimum atomic E-state index is -5.08. The van der Waals surface area contributed by atoms with Crippen molar-refractivity contribution in [1.82, 2.24) is 9.62 Å². The molecule has 11 heteroatoms. The monoisotopic (exact) mass is 373 g/mol. The van der Waals surface area contributed by atoms with Gasteiger partial charge in [0.25, 0.3) is 10.2 Å². The van der Waals surface area contributed by atoms with Crippen LogP contribution < -0.4 is 10.5 Å². The van der Waals surface area contributed by atoms with Crippen LogP contribution in [0.5, 0.6) is 0 Å². The Kier molecular flexibility index (Phi) is 5.48. The summed E-state index contributed by atoms with van der Waals surface area (Å²) in [5.41, 5.74) is 0.395. The van der Waals surface area contributed by atoms with E-state index < -0.39 is 22.4 Å². The van der Waals surface area contributed by atoms with Gasteiger partial charge >= 0.3 is 12.1 Å². The molecule has 0 radical (unpaired) electrons. The molecule has 24 heavy (non-hydrogen) atoms. The molecule has 1 saturated heterocycles. The van der Waals surface area contributed by atoms with E-state index in [-0.39, 0.29) is 12.1 Å². The third-order valence-electron chi connectivity index (χ3n) is 4.92. The first-order chi connectivity index (χ1) is 10.9. The van der Waals surface area contributed by atoms with Crippen molar-refractivity contribution in [2.75, 3.05) is 13.1 Å². The number of nitrogens with one attached hydrogen (secondary N) is 1. The second kappa shape index (κ2) is 6.77. The second-order valence-corrected chi connectivity index (χ2v) is 8.23. The van der Waals surface area contributed by atoms with Crippen LogP contribution in [0.1, 0.15) is 38.5 Å². The molecule has 7 nitrogen and oxygen atoms in total. The standard InChI is InChI=1S/C11H21N3O2S.C2HF3O2/c12-17(15,16)14(9-3-1-2-4-9)10-5-11(6-10)7-13-8-11;3-2(4,5)1(6)7/h9-10,13H,1-8H2,(H2,12,15,16);(H,6,7). The molecule has 2 aliphatic carbocycles. The van der Waals surface area contributed by atoms with Gasteiger partial charge in [0.2, 0.25) is 0 Å². The van der Waals surface area contributed by atoms with E-state index in [1.54, 1.807) is 4.31 Å². The molecule has 0 aromatic carbocycles. The smallest absolute Gasteiger partial charge is 0.475 e. The van der Waals surface area contributed by atoms with Crippen LogP contribution in [-0.4, -0.2) is 55.1 Å². The van der Waals surface area contributed by atoms with Crippen molar-refractivity contribution in [3.63, 3.8) is 0 Å². The zero-order valence-electron chi connectivity index (χ0n) is 13.1. The highest BCUT2D eigenvalue weighted by atomic mass is 32.2. The fraction of sp³-hybridized carbons (Fsp3) is 0.923. The van der Waals surface area contributed by atoms with Crippen molar-refractivity contribution in [2.24, 2.45) is 10.6 Å². The molecule has 0 amide bonds. The minimum Gasteiger partial charge on any atom is -0.475 e. The van der Waals surface area contributed by atoms with Crippen molar-refractivity contribution in [1.29, 1.82) is 0 Å². The molecule has 2 saturated carbocycles. The Hall–Kier alpha value is -0.910. The molecule has 4 N–H and O–H groups in total. The Balaban J connectivity index is 0.000000256. The average Bonchev–Trinajstić information content (AvgIpc) is 2.81. The molecule has 0 aromatic heterocycles. The summed E-state index contributed by atoms with van der Waals surface area (Å²) in [4.78, 5) is 8.90. The van der Waals surface area contributed by atoms with Crippen molar-refractivity contribution < 1.29 is 31.5 Å². The van der Waals surface area contributed by atoms with Gasteiger partial charge in [0.05, 0.1) is 0 Å². The quantitative estimate of drug-likeness (QED) is 0.678. The van der Waals surface area contributed by atoms with Gasteiger partial charge < -0.3 is 10.4 Å². The summed E-state index contributed by atoms with van der Waals surface area (Å²) in [5.74, 6) is -2.76. The SMILES string of the molecule is NS(=O)(=O)N(C1CCCC1)C1CC2(CNC2)C1.O=C(O)C(F)(F)F.